The van der Waals surface area contributed by atoms with Gasteiger partial charge in [0.15, 0.2) is 0 Å². The molecule has 0 nitrogen and oxygen atoms in total. The maximum absolute atomic E-state index is 12.1. The fourth-order valence-electron chi connectivity index (χ4n) is 0.976. The number of benzene rings is 1. The highest BCUT2D eigenvalue weighted by molar-refractivity contribution is 7.27. The molecule has 0 heterocycles. The molecule has 0 saturated heterocycles. The molecule has 0 radical (unpaired) electrons. The predicted molar refractivity (Wildman–Crippen MR) is 45.5 cm³/mol. The molecule has 12 heavy (non-hydrogen) atoms. The molecule has 0 saturated carbocycles. The van der Waals surface area contributed by atoms with Crippen LogP contribution in [0.5, 0.6) is 0 Å². The molecule has 1 rings (SSSR count). The van der Waals surface area contributed by atoms with Gasteiger partial charge in [-0.05, 0) is 29.9 Å². The van der Waals surface area contributed by atoms with Gasteiger partial charge in [0.2, 0.25) is 0 Å². The molecule has 4 heteroatoms. The highest BCUT2D eigenvalue weighted by Crippen LogP contribution is 2.29. The Bertz CT molecular complexity index is 271. The lowest BCUT2D eigenvalue weighted by Crippen LogP contribution is -2.08. The monoisotopic (exact) mass is 192 g/mol. The predicted octanol–water partition coefficient (Wildman–Crippen LogP) is 2.51. The summed E-state index contributed by atoms with van der Waals surface area (Å²) < 4.78 is 36.4. The summed E-state index contributed by atoms with van der Waals surface area (Å²) in [4.78, 5) is 0. The number of halogens is 3. The average Bonchev–Trinajstić information content (AvgIpc) is 1.82. The van der Waals surface area contributed by atoms with Crippen molar-refractivity contribution < 1.29 is 13.2 Å². The first-order valence-corrected chi connectivity index (χ1v) is 3.92. The Hall–Kier alpha value is -0.560. The van der Waals surface area contributed by atoms with Gasteiger partial charge < -0.3 is 0 Å². The summed E-state index contributed by atoms with van der Waals surface area (Å²) in [5.74, 6) is 0. The quantitative estimate of drug-likeness (QED) is 0.554. The summed E-state index contributed by atoms with van der Waals surface area (Å²) in [5, 5.41) is 0.558. The van der Waals surface area contributed by atoms with E-state index < -0.39 is 11.7 Å². The summed E-state index contributed by atoms with van der Waals surface area (Å²) in [6.45, 7) is 1.64. The maximum atomic E-state index is 12.1. The van der Waals surface area contributed by atoms with Crippen LogP contribution in [0, 0.1) is 6.92 Å². The van der Waals surface area contributed by atoms with Crippen molar-refractivity contribution in [1.82, 2.24) is 0 Å². The number of hydrogen-bond acceptors (Lipinski definition) is 0. The molecule has 1 unspecified atom stereocenters. The lowest BCUT2D eigenvalue weighted by atomic mass is 10.1. The van der Waals surface area contributed by atoms with Gasteiger partial charge >= 0.3 is 6.18 Å². The molecule has 0 aliphatic rings. The molecule has 1 aromatic carbocycles. The summed E-state index contributed by atoms with van der Waals surface area (Å²) in [7, 11) is 2.26. The van der Waals surface area contributed by atoms with Crippen molar-refractivity contribution in [2.45, 2.75) is 13.1 Å². The van der Waals surface area contributed by atoms with Crippen LogP contribution >= 0.6 is 9.24 Å². The highest BCUT2D eigenvalue weighted by atomic mass is 31.0. The second-order valence-corrected chi connectivity index (χ2v) is 3.30. The molecule has 0 aliphatic heterocycles. The number of aryl methyl sites for hydroxylation is 1. The van der Waals surface area contributed by atoms with E-state index >= 15 is 0 Å². The van der Waals surface area contributed by atoms with Gasteiger partial charge in [-0.15, -0.1) is 9.24 Å². The zero-order valence-corrected chi connectivity index (χ0v) is 7.60. The summed E-state index contributed by atoms with van der Waals surface area (Å²) in [6.07, 6.45) is -4.24. The molecule has 0 N–H and O–H groups in total. The third kappa shape index (κ3) is 2.21. The third-order valence-electron chi connectivity index (χ3n) is 1.43. The lowest BCUT2D eigenvalue weighted by molar-refractivity contribution is -0.137. The Kier molecular flexibility index (Phi) is 2.43. The molecule has 1 aromatic rings. The van der Waals surface area contributed by atoms with E-state index in [1.807, 2.05) is 0 Å². The molecule has 0 aromatic heterocycles. The topological polar surface area (TPSA) is 0 Å². The first-order chi connectivity index (χ1) is 5.39. The van der Waals surface area contributed by atoms with Gasteiger partial charge in [-0.2, -0.15) is 13.2 Å². The van der Waals surface area contributed by atoms with Crippen LogP contribution in [-0.4, -0.2) is 0 Å². The third-order valence-corrected chi connectivity index (χ3v) is 1.76. The van der Waals surface area contributed by atoms with Crippen LogP contribution in [0.2, 0.25) is 0 Å². The van der Waals surface area contributed by atoms with E-state index in [0.717, 1.165) is 12.1 Å². The average molecular weight is 192 g/mol. The SMILES string of the molecule is Cc1cc(P)cc(C(F)(F)F)c1. The zero-order chi connectivity index (χ0) is 9.35. The van der Waals surface area contributed by atoms with Gasteiger partial charge in [0.25, 0.3) is 0 Å². The van der Waals surface area contributed by atoms with E-state index in [-0.39, 0.29) is 0 Å². The summed E-state index contributed by atoms with van der Waals surface area (Å²) in [6, 6.07) is 3.92. The molecular formula is C8H8F3P. The van der Waals surface area contributed by atoms with Crippen molar-refractivity contribution in [1.29, 1.82) is 0 Å². The van der Waals surface area contributed by atoms with E-state index in [1.165, 1.54) is 0 Å². The van der Waals surface area contributed by atoms with Crippen molar-refractivity contribution in [3.63, 3.8) is 0 Å². The van der Waals surface area contributed by atoms with E-state index in [2.05, 4.69) is 9.24 Å². The van der Waals surface area contributed by atoms with Crippen LogP contribution in [0.25, 0.3) is 0 Å². The fraction of sp³-hybridized carbons (Fsp3) is 0.250. The maximum Gasteiger partial charge on any atom is 0.416 e. The van der Waals surface area contributed by atoms with E-state index in [0.29, 0.717) is 10.9 Å². The number of alkyl halides is 3. The van der Waals surface area contributed by atoms with Crippen LogP contribution < -0.4 is 5.30 Å². The minimum Gasteiger partial charge on any atom is -0.166 e. The van der Waals surface area contributed by atoms with E-state index in [4.69, 9.17) is 0 Å². The summed E-state index contributed by atoms with van der Waals surface area (Å²) >= 11 is 0. The van der Waals surface area contributed by atoms with Crippen molar-refractivity contribution in [2.75, 3.05) is 0 Å². The van der Waals surface area contributed by atoms with Gasteiger partial charge in [0, 0.05) is 0 Å². The molecule has 1 atom stereocenters. The Balaban J connectivity index is 3.18. The van der Waals surface area contributed by atoms with Crippen LogP contribution in [-0.2, 0) is 6.18 Å². The molecule has 0 aliphatic carbocycles. The normalized spacial score (nSPS) is 11.8. The molecule has 0 spiro atoms. The smallest absolute Gasteiger partial charge is 0.166 e. The van der Waals surface area contributed by atoms with Crippen molar-refractivity contribution in [3.05, 3.63) is 29.3 Å². The van der Waals surface area contributed by atoms with Gasteiger partial charge in [-0.3, -0.25) is 0 Å². The standard InChI is InChI=1S/C8H8F3P/c1-5-2-6(8(9,10)11)4-7(12)3-5/h2-4H,12H2,1H3. The second kappa shape index (κ2) is 3.06. The van der Waals surface area contributed by atoms with Crippen LogP contribution in [0.1, 0.15) is 11.1 Å². The van der Waals surface area contributed by atoms with Crippen molar-refractivity contribution >= 4 is 14.5 Å². The second-order valence-electron chi connectivity index (χ2n) is 2.63. The first kappa shape index (κ1) is 9.53. The molecule has 0 fully saturated rings. The van der Waals surface area contributed by atoms with Crippen molar-refractivity contribution in [3.8, 4) is 0 Å². The number of rotatable bonds is 0. The molecule has 0 bridgehead atoms. The van der Waals surface area contributed by atoms with Gasteiger partial charge in [0.1, 0.15) is 0 Å². The van der Waals surface area contributed by atoms with E-state index in [9.17, 15) is 13.2 Å². The molecule has 0 amide bonds. The Morgan fingerprint density at radius 2 is 1.75 bits per heavy atom. The molecular weight excluding hydrogens is 184 g/mol. The number of hydrogen-bond donors (Lipinski definition) is 0. The Labute approximate surface area is 71.0 Å². The van der Waals surface area contributed by atoms with Crippen LogP contribution in [0.15, 0.2) is 18.2 Å². The van der Waals surface area contributed by atoms with Gasteiger partial charge in [0.05, 0.1) is 5.56 Å². The Morgan fingerprint density at radius 3 is 2.17 bits per heavy atom. The summed E-state index contributed by atoms with van der Waals surface area (Å²) in [5.41, 5.74) is 0.0299. The largest absolute Gasteiger partial charge is 0.416 e. The fourth-order valence-corrected chi connectivity index (χ4v) is 1.42. The van der Waals surface area contributed by atoms with Gasteiger partial charge in [-0.1, -0.05) is 6.07 Å². The minimum absolute atomic E-state index is 0.558. The zero-order valence-electron chi connectivity index (χ0n) is 6.44. The highest BCUT2D eigenvalue weighted by Gasteiger charge is 2.30. The Morgan fingerprint density at radius 1 is 1.17 bits per heavy atom. The minimum atomic E-state index is -4.24. The van der Waals surface area contributed by atoms with Crippen molar-refractivity contribution in [2.24, 2.45) is 0 Å². The lowest BCUT2D eigenvalue weighted by Gasteiger charge is -2.07. The van der Waals surface area contributed by atoms with Crippen LogP contribution in [0.3, 0.4) is 0 Å². The van der Waals surface area contributed by atoms with Crippen LogP contribution in [0.4, 0.5) is 13.2 Å². The molecule has 66 valence electrons. The van der Waals surface area contributed by atoms with Gasteiger partial charge in [-0.25, -0.2) is 0 Å². The first-order valence-electron chi connectivity index (χ1n) is 3.34. The van der Waals surface area contributed by atoms with E-state index in [1.54, 1.807) is 13.0 Å².